The molecule has 0 aromatic heterocycles. The second-order valence-corrected chi connectivity index (χ2v) is 5.30. The Bertz CT molecular complexity index is 394. The van der Waals surface area contributed by atoms with Crippen LogP contribution >= 0.6 is 0 Å². The summed E-state index contributed by atoms with van der Waals surface area (Å²) in [6.45, 7) is 7.42. The minimum absolute atomic E-state index is 0.267. The summed E-state index contributed by atoms with van der Waals surface area (Å²) in [5.41, 5.74) is 2.81. The van der Waals surface area contributed by atoms with Crippen molar-refractivity contribution < 1.29 is 4.74 Å². The van der Waals surface area contributed by atoms with Crippen LogP contribution in [0.1, 0.15) is 38.3 Å². The van der Waals surface area contributed by atoms with Crippen LogP contribution in [-0.2, 0) is 4.74 Å². The molecule has 0 radical (unpaired) electrons. The van der Waals surface area contributed by atoms with Gasteiger partial charge >= 0.3 is 0 Å². The number of para-hydroxylation sites is 1. The lowest BCUT2D eigenvalue weighted by Gasteiger charge is -2.28. The average Bonchev–Trinajstić information content (AvgIpc) is 2.60. The summed E-state index contributed by atoms with van der Waals surface area (Å²) in [4.78, 5) is 2.47. The Labute approximate surface area is 116 Å². The van der Waals surface area contributed by atoms with Crippen LogP contribution in [0.15, 0.2) is 24.3 Å². The summed E-state index contributed by atoms with van der Waals surface area (Å²) in [6.07, 6.45) is 2.70. The van der Waals surface area contributed by atoms with Gasteiger partial charge in [-0.05, 0) is 37.9 Å². The number of rotatable bonds is 5. The molecule has 1 aliphatic rings. The second-order valence-electron chi connectivity index (χ2n) is 5.30. The Balaban J connectivity index is 2.25. The first-order valence-electron chi connectivity index (χ1n) is 7.36. The van der Waals surface area contributed by atoms with E-state index in [1.807, 2.05) is 0 Å². The maximum Gasteiger partial charge on any atom is 0.0718 e. The van der Waals surface area contributed by atoms with E-state index in [2.05, 4.69) is 48.3 Å². The van der Waals surface area contributed by atoms with E-state index in [9.17, 15) is 0 Å². The predicted molar refractivity (Wildman–Crippen MR) is 80.8 cm³/mol. The third-order valence-corrected chi connectivity index (χ3v) is 3.90. The van der Waals surface area contributed by atoms with Crippen molar-refractivity contribution in [2.75, 3.05) is 31.6 Å². The van der Waals surface area contributed by atoms with Crippen LogP contribution in [0.2, 0.25) is 0 Å². The van der Waals surface area contributed by atoms with Crippen molar-refractivity contribution in [2.45, 2.75) is 38.8 Å². The van der Waals surface area contributed by atoms with E-state index < -0.39 is 0 Å². The van der Waals surface area contributed by atoms with Gasteiger partial charge in [-0.1, -0.05) is 25.1 Å². The second kappa shape index (κ2) is 6.92. The van der Waals surface area contributed by atoms with Gasteiger partial charge in [0.25, 0.3) is 0 Å². The van der Waals surface area contributed by atoms with Crippen molar-refractivity contribution in [3.63, 3.8) is 0 Å². The Kier molecular flexibility index (Phi) is 5.23. The largest absolute Gasteiger partial charge is 0.380 e. The molecule has 1 aromatic rings. The molecule has 0 spiro atoms. The molecule has 0 bridgehead atoms. The number of nitrogens with zero attached hydrogens (tertiary/aromatic N) is 1. The molecular formula is C16H26N2O. The summed E-state index contributed by atoms with van der Waals surface area (Å²) in [7, 11) is 1.79. The third-order valence-electron chi connectivity index (χ3n) is 3.90. The number of hydrogen-bond donors (Lipinski definition) is 1. The molecule has 2 rings (SSSR count). The lowest BCUT2D eigenvalue weighted by molar-refractivity contribution is 0.123. The van der Waals surface area contributed by atoms with E-state index >= 15 is 0 Å². The fourth-order valence-electron chi connectivity index (χ4n) is 2.87. The number of anilines is 1. The Hall–Kier alpha value is -1.06. The van der Waals surface area contributed by atoms with E-state index in [4.69, 9.17) is 4.74 Å². The minimum Gasteiger partial charge on any atom is -0.380 e. The highest BCUT2D eigenvalue weighted by atomic mass is 16.5. The van der Waals surface area contributed by atoms with Crippen LogP contribution in [0.5, 0.6) is 0 Å². The van der Waals surface area contributed by atoms with Crippen molar-refractivity contribution in [2.24, 2.45) is 0 Å². The summed E-state index contributed by atoms with van der Waals surface area (Å²) in [6, 6.07) is 9.28. The van der Waals surface area contributed by atoms with Crippen molar-refractivity contribution in [3.05, 3.63) is 29.8 Å². The molecule has 3 heteroatoms. The molecule has 19 heavy (non-hydrogen) atoms. The van der Waals surface area contributed by atoms with Gasteiger partial charge in [0.05, 0.1) is 6.10 Å². The van der Waals surface area contributed by atoms with E-state index in [0.717, 1.165) is 19.6 Å². The number of hydrogen-bond acceptors (Lipinski definition) is 3. The zero-order valence-electron chi connectivity index (χ0n) is 12.4. The number of nitrogens with one attached hydrogen (secondary N) is 1. The molecule has 0 amide bonds. The number of methoxy groups -OCH3 is 1. The Morgan fingerprint density at radius 3 is 2.95 bits per heavy atom. The quantitative estimate of drug-likeness (QED) is 0.883. The molecule has 1 aliphatic heterocycles. The highest BCUT2D eigenvalue weighted by Crippen LogP contribution is 2.32. The zero-order valence-corrected chi connectivity index (χ0v) is 12.4. The molecule has 1 heterocycles. The van der Waals surface area contributed by atoms with Crippen LogP contribution < -0.4 is 10.2 Å². The zero-order chi connectivity index (χ0) is 13.7. The van der Waals surface area contributed by atoms with Crippen LogP contribution in [-0.4, -0.2) is 32.8 Å². The fraction of sp³-hybridized carbons (Fsp3) is 0.625. The number of benzene rings is 1. The fourth-order valence-corrected chi connectivity index (χ4v) is 2.87. The average molecular weight is 262 g/mol. The van der Waals surface area contributed by atoms with E-state index in [-0.39, 0.29) is 6.10 Å². The predicted octanol–water partition coefficient (Wildman–Crippen LogP) is 2.97. The smallest absolute Gasteiger partial charge is 0.0718 e. The lowest BCUT2D eigenvalue weighted by atomic mass is 10.0. The monoisotopic (exact) mass is 262 g/mol. The van der Waals surface area contributed by atoms with Crippen molar-refractivity contribution >= 4 is 5.69 Å². The summed E-state index contributed by atoms with van der Waals surface area (Å²) < 4.78 is 5.43. The third kappa shape index (κ3) is 3.48. The maximum absolute atomic E-state index is 5.43. The Morgan fingerprint density at radius 1 is 1.42 bits per heavy atom. The molecule has 0 saturated heterocycles. The molecular weight excluding hydrogens is 236 g/mol. The van der Waals surface area contributed by atoms with Gasteiger partial charge < -0.3 is 15.0 Å². The highest BCUT2D eigenvalue weighted by Gasteiger charge is 2.22. The van der Waals surface area contributed by atoms with Crippen LogP contribution in [0.25, 0.3) is 0 Å². The minimum atomic E-state index is 0.267. The normalized spacial score (nSPS) is 20.8. The van der Waals surface area contributed by atoms with E-state index in [1.165, 1.54) is 24.1 Å². The molecule has 3 nitrogen and oxygen atoms in total. The molecule has 2 unspecified atom stereocenters. The van der Waals surface area contributed by atoms with E-state index in [0.29, 0.717) is 6.04 Å². The van der Waals surface area contributed by atoms with Crippen LogP contribution in [0, 0.1) is 0 Å². The first kappa shape index (κ1) is 14.4. The van der Waals surface area contributed by atoms with Gasteiger partial charge in [-0.2, -0.15) is 0 Å². The van der Waals surface area contributed by atoms with Gasteiger partial charge in [-0.15, -0.1) is 0 Å². The van der Waals surface area contributed by atoms with Crippen LogP contribution in [0.4, 0.5) is 5.69 Å². The van der Waals surface area contributed by atoms with Gasteiger partial charge in [0.1, 0.15) is 0 Å². The molecule has 2 atom stereocenters. The number of fused-ring (bicyclic) bond motifs is 1. The lowest BCUT2D eigenvalue weighted by Crippen LogP contribution is -2.32. The van der Waals surface area contributed by atoms with Crippen molar-refractivity contribution in [1.82, 2.24) is 5.32 Å². The van der Waals surface area contributed by atoms with Crippen LogP contribution in [0.3, 0.4) is 0 Å². The molecule has 106 valence electrons. The van der Waals surface area contributed by atoms with Gasteiger partial charge in [-0.25, -0.2) is 0 Å². The molecule has 0 saturated carbocycles. The van der Waals surface area contributed by atoms with E-state index in [1.54, 1.807) is 7.11 Å². The molecule has 0 fully saturated rings. The number of ether oxygens (including phenoxy) is 1. The standard InChI is InChI=1S/C16H26N2O/c1-4-17-15-9-7-11-18(12-13(2)19-3)16-10-6-5-8-14(15)16/h5-6,8,10,13,15,17H,4,7,9,11-12H2,1-3H3. The first-order valence-corrected chi connectivity index (χ1v) is 7.36. The van der Waals surface area contributed by atoms with Gasteiger partial charge in [0.2, 0.25) is 0 Å². The summed E-state index contributed by atoms with van der Waals surface area (Å²) >= 11 is 0. The van der Waals surface area contributed by atoms with Crippen molar-refractivity contribution in [3.8, 4) is 0 Å². The SMILES string of the molecule is CCNC1CCCN(CC(C)OC)c2ccccc21. The van der Waals surface area contributed by atoms with Gasteiger partial charge in [-0.3, -0.25) is 0 Å². The summed E-state index contributed by atoms with van der Waals surface area (Å²) in [5, 5.41) is 3.61. The molecule has 1 N–H and O–H groups in total. The van der Waals surface area contributed by atoms with Gasteiger partial charge in [0, 0.05) is 31.9 Å². The Morgan fingerprint density at radius 2 is 2.21 bits per heavy atom. The maximum atomic E-state index is 5.43. The first-order chi connectivity index (χ1) is 9.26. The summed E-state index contributed by atoms with van der Waals surface area (Å²) in [5.74, 6) is 0. The van der Waals surface area contributed by atoms with Gasteiger partial charge in [0.15, 0.2) is 0 Å². The molecule has 1 aromatic carbocycles. The van der Waals surface area contributed by atoms with Crippen molar-refractivity contribution in [1.29, 1.82) is 0 Å². The molecule has 0 aliphatic carbocycles. The topological polar surface area (TPSA) is 24.5 Å². The highest BCUT2D eigenvalue weighted by molar-refractivity contribution is 5.56.